The summed E-state index contributed by atoms with van der Waals surface area (Å²) >= 11 is 8.43. The second-order valence-corrected chi connectivity index (χ2v) is 7.82. The van der Waals surface area contributed by atoms with Gasteiger partial charge in [0.2, 0.25) is 5.91 Å². The van der Waals surface area contributed by atoms with E-state index in [2.05, 4.69) is 15.0 Å². The maximum Gasteiger partial charge on any atom is 0.348 e. The van der Waals surface area contributed by atoms with Crippen molar-refractivity contribution in [1.82, 2.24) is 4.98 Å². The number of thiophene rings is 1. The molecule has 1 N–H and O–H groups in total. The number of hydrogen-bond acceptors (Lipinski definition) is 7. The van der Waals surface area contributed by atoms with Crippen molar-refractivity contribution in [2.45, 2.75) is 13.0 Å². The first-order valence-corrected chi connectivity index (χ1v) is 9.90. The fraction of sp³-hybridized carbons (Fsp3) is 0.167. The summed E-state index contributed by atoms with van der Waals surface area (Å²) in [6.45, 7) is 0.321. The monoisotopic (exact) mass is 422 g/mol. The number of carbonyl (C=O) groups excluding carboxylic acids is 2. The van der Waals surface area contributed by atoms with E-state index in [-0.39, 0.29) is 12.3 Å². The molecular formula is C18H15ClN2O4S2. The molecule has 2 aromatic heterocycles. The molecule has 0 aliphatic rings. The molecule has 3 rings (SSSR count). The number of esters is 1. The first-order valence-electron chi connectivity index (χ1n) is 7.83. The summed E-state index contributed by atoms with van der Waals surface area (Å²) in [6.07, 6.45) is 0.142. The first-order chi connectivity index (χ1) is 13.0. The molecule has 1 amide bonds. The topological polar surface area (TPSA) is 77.5 Å². The van der Waals surface area contributed by atoms with Crippen molar-refractivity contribution in [3.63, 3.8) is 0 Å². The van der Waals surface area contributed by atoms with Crippen molar-refractivity contribution in [2.24, 2.45) is 0 Å². The normalized spacial score (nSPS) is 10.4. The van der Waals surface area contributed by atoms with Crippen molar-refractivity contribution in [2.75, 3.05) is 12.4 Å². The van der Waals surface area contributed by atoms with Gasteiger partial charge < -0.3 is 14.8 Å². The van der Waals surface area contributed by atoms with Crippen LogP contribution in [0.15, 0.2) is 41.8 Å². The van der Waals surface area contributed by atoms with E-state index in [4.69, 9.17) is 16.3 Å². The van der Waals surface area contributed by atoms with Crippen LogP contribution in [-0.4, -0.2) is 24.0 Å². The molecule has 9 heteroatoms. The molecule has 6 nitrogen and oxygen atoms in total. The number of benzene rings is 1. The van der Waals surface area contributed by atoms with Crippen LogP contribution in [0.5, 0.6) is 5.75 Å². The molecule has 0 unspecified atom stereocenters. The number of thiazole rings is 1. The molecule has 0 radical (unpaired) electrons. The molecule has 0 aliphatic heterocycles. The fourth-order valence-corrected chi connectivity index (χ4v) is 3.81. The van der Waals surface area contributed by atoms with E-state index in [0.717, 1.165) is 16.3 Å². The maximum absolute atomic E-state index is 12.2. The molecule has 0 spiro atoms. The van der Waals surface area contributed by atoms with Gasteiger partial charge in [-0.2, -0.15) is 0 Å². The molecule has 0 bridgehead atoms. The number of rotatable bonds is 7. The minimum Gasteiger partial charge on any atom is -0.486 e. The lowest BCUT2D eigenvalue weighted by Gasteiger charge is -2.03. The number of carbonyl (C=O) groups is 2. The van der Waals surface area contributed by atoms with Crippen LogP contribution < -0.4 is 10.1 Å². The van der Waals surface area contributed by atoms with Gasteiger partial charge in [0.1, 0.15) is 22.2 Å². The van der Waals surface area contributed by atoms with Gasteiger partial charge in [-0.15, -0.1) is 22.7 Å². The number of ether oxygens (including phenoxy) is 2. The SMILES string of the molecule is COC(=O)c1ccc(NC(=O)Cc2csc(COc3ccc(Cl)cc3)n2)s1. The third-order valence-electron chi connectivity index (χ3n) is 3.37. The van der Waals surface area contributed by atoms with Crippen molar-refractivity contribution in [3.05, 3.63) is 62.4 Å². The van der Waals surface area contributed by atoms with Crippen molar-refractivity contribution in [1.29, 1.82) is 0 Å². The van der Waals surface area contributed by atoms with E-state index in [9.17, 15) is 9.59 Å². The lowest BCUT2D eigenvalue weighted by atomic mass is 10.3. The van der Waals surface area contributed by atoms with Crippen LogP contribution in [-0.2, 0) is 22.6 Å². The predicted molar refractivity (Wildman–Crippen MR) is 106 cm³/mol. The Labute approximate surface area is 168 Å². The van der Waals surface area contributed by atoms with E-state index >= 15 is 0 Å². The van der Waals surface area contributed by atoms with Gasteiger partial charge in [-0.25, -0.2) is 9.78 Å². The molecule has 2 heterocycles. The summed E-state index contributed by atoms with van der Waals surface area (Å²) in [6, 6.07) is 10.4. The number of aromatic nitrogens is 1. The number of nitrogens with one attached hydrogen (secondary N) is 1. The summed E-state index contributed by atoms with van der Waals surface area (Å²) in [5.41, 5.74) is 0.664. The molecule has 1 aromatic carbocycles. The predicted octanol–water partition coefficient (Wildman–Crippen LogP) is 4.40. The summed E-state index contributed by atoms with van der Waals surface area (Å²) in [4.78, 5) is 28.4. The quantitative estimate of drug-likeness (QED) is 0.571. The van der Waals surface area contributed by atoms with Gasteiger partial charge in [0.05, 0.1) is 24.2 Å². The summed E-state index contributed by atoms with van der Waals surface area (Å²) in [5.74, 6) is 0.0714. The van der Waals surface area contributed by atoms with Crippen LogP contribution in [0.3, 0.4) is 0 Å². The van der Waals surface area contributed by atoms with Gasteiger partial charge in [-0.3, -0.25) is 4.79 Å². The van der Waals surface area contributed by atoms with E-state index in [0.29, 0.717) is 33.0 Å². The molecule has 0 atom stereocenters. The average Bonchev–Trinajstić information content (AvgIpc) is 3.30. The number of anilines is 1. The zero-order valence-corrected chi connectivity index (χ0v) is 16.6. The summed E-state index contributed by atoms with van der Waals surface area (Å²) < 4.78 is 10.3. The Morgan fingerprint density at radius 2 is 1.96 bits per heavy atom. The lowest BCUT2D eigenvalue weighted by molar-refractivity contribution is -0.115. The van der Waals surface area contributed by atoms with Crippen molar-refractivity contribution >= 4 is 51.2 Å². The van der Waals surface area contributed by atoms with Crippen LogP contribution in [0.1, 0.15) is 20.4 Å². The number of methoxy groups -OCH3 is 1. The van der Waals surface area contributed by atoms with Crippen LogP contribution >= 0.6 is 34.3 Å². The standard InChI is InChI=1S/C18H15ClN2O4S2/c1-24-18(23)14-6-7-16(27-14)21-15(22)8-12-10-26-17(20-12)9-25-13-4-2-11(19)3-5-13/h2-7,10H,8-9H2,1H3,(H,21,22). The zero-order valence-electron chi connectivity index (χ0n) is 14.2. The van der Waals surface area contributed by atoms with E-state index < -0.39 is 5.97 Å². The molecule has 0 fully saturated rings. The molecule has 0 aliphatic carbocycles. The second-order valence-electron chi connectivity index (χ2n) is 5.36. The van der Waals surface area contributed by atoms with Crippen LogP contribution in [0.25, 0.3) is 0 Å². The third kappa shape index (κ3) is 5.53. The zero-order chi connectivity index (χ0) is 19.2. The van der Waals surface area contributed by atoms with E-state index in [1.54, 1.807) is 36.4 Å². The highest BCUT2D eigenvalue weighted by Crippen LogP contribution is 2.23. The highest BCUT2D eigenvalue weighted by atomic mass is 35.5. The average molecular weight is 423 g/mol. The lowest BCUT2D eigenvalue weighted by Crippen LogP contribution is -2.13. The van der Waals surface area contributed by atoms with Gasteiger partial charge in [-0.05, 0) is 36.4 Å². The Balaban J connectivity index is 1.50. The molecule has 27 heavy (non-hydrogen) atoms. The van der Waals surface area contributed by atoms with Gasteiger partial charge in [0, 0.05) is 10.4 Å². The molecule has 0 saturated carbocycles. The van der Waals surface area contributed by atoms with Gasteiger partial charge in [0.25, 0.3) is 0 Å². The van der Waals surface area contributed by atoms with Crippen molar-refractivity contribution < 1.29 is 19.1 Å². The molecule has 0 saturated heterocycles. The van der Waals surface area contributed by atoms with Crippen molar-refractivity contribution in [3.8, 4) is 5.75 Å². The highest BCUT2D eigenvalue weighted by Gasteiger charge is 2.12. The van der Waals surface area contributed by atoms with E-state index in [1.165, 1.54) is 18.4 Å². The van der Waals surface area contributed by atoms with Crippen LogP contribution in [0, 0.1) is 0 Å². The Bertz CT molecular complexity index is 937. The minimum atomic E-state index is -0.426. The van der Waals surface area contributed by atoms with Gasteiger partial charge in [0.15, 0.2) is 0 Å². The largest absolute Gasteiger partial charge is 0.486 e. The smallest absolute Gasteiger partial charge is 0.348 e. The van der Waals surface area contributed by atoms with Gasteiger partial charge >= 0.3 is 5.97 Å². The summed E-state index contributed by atoms with van der Waals surface area (Å²) in [5, 5.41) is 6.59. The molecular weight excluding hydrogens is 408 g/mol. The Hall–Kier alpha value is -2.42. The second kappa shape index (κ2) is 8.98. The summed E-state index contributed by atoms with van der Waals surface area (Å²) in [7, 11) is 1.32. The molecule has 3 aromatic rings. The number of nitrogens with zero attached hydrogens (tertiary/aromatic N) is 1. The Morgan fingerprint density at radius 1 is 1.19 bits per heavy atom. The minimum absolute atomic E-state index is 0.142. The molecule has 140 valence electrons. The highest BCUT2D eigenvalue weighted by molar-refractivity contribution is 7.18. The third-order valence-corrected chi connectivity index (χ3v) is 5.48. The number of hydrogen-bond donors (Lipinski definition) is 1. The van der Waals surface area contributed by atoms with Crippen LogP contribution in [0.2, 0.25) is 5.02 Å². The maximum atomic E-state index is 12.2. The van der Waals surface area contributed by atoms with E-state index in [1.807, 2.05) is 5.38 Å². The fourth-order valence-electron chi connectivity index (χ4n) is 2.13. The first kappa shape index (κ1) is 19.3. The Morgan fingerprint density at radius 3 is 2.70 bits per heavy atom. The number of halogens is 1. The van der Waals surface area contributed by atoms with Crippen LogP contribution in [0.4, 0.5) is 5.00 Å². The van der Waals surface area contributed by atoms with Gasteiger partial charge in [-0.1, -0.05) is 11.6 Å². The Kier molecular flexibility index (Phi) is 6.44. The number of amides is 1.